The van der Waals surface area contributed by atoms with Gasteiger partial charge < -0.3 is 9.64 Å². The van der Waals surface area contributed by atoms with E-state index in [4.69, 9.17) is 4.74 Å². The molecule has 6 nitrogen and oxygen atoms in total. The summed E-state index contributed by atoms with van der Waals surface area (Å²) >= 11 is 0. The van der Waals surface area contributed by atoms with Gasteiger partial charge in [0, 0.05) is 14.1 Å². The Morgan fingerprint density at radius 1 is 1.26 bits per heavy atom. The smallest absolute Gasteiger partial charge is 0.241 e. The second-order valence-electron chi connectivity index (χ2n) is 4.25. The van der Waals surface area contributed by atoms with Crippen molar-refractivity contribution in [1.29, 1.82) is 0 Å². The van der Waals surface area contributed by atoms with Gasteiger partial charge in [0.2, 0.25) is 15.9 Å². The summed E-state index contributed by atoms with van der Waals surface area (Å²) in [7, 11) is 0.923. The average Bonchev–Trinajstić information content (AvgIpc) is 2.37. The third kappa shape index (κ3) is 3.93. The number of ether oxygens (including phenoxy) is 1. The van der Waals surface area contributed by atoms with Crippen LogP contribution in [-0.4, -0.2) is 46.5 Å². The quantitative estimate of drug-likeness (QED) is 0.852. The molecule has 0 radical (unpaired) electrons. The summed E-state index contributed by atoms with van der Waals surface area (Å²) < 4.78 is 31.4. The SMILES string of the molecule is COc1ccc(S(=O)(=O)N[C@@H](C)C(=O)N(C)C)cc1. The van der Waals surface area contributed by atoms with Crippen LogP contribution >= 0.6 is 0 Å². The van der Waals surface area contributed by atoms with Crippen LogP contribution in [0.5, 0.6) is 5.75 Å². The third-order valence-corrected chi connectivity index (χ3v) is 4.07. The van der Waals surface area contributed by atoms with Crippen LogP contribution in [0.15, 0.2) is 29.2 Å². The second-order valence-corrected chi connectivity index (χ2v) is 5.97. The summed E-state index contributed by atoms with van der Waals surface area (Å²) in [5.41, 5.74) is 0. The number of likely N-dealkylation sites (N-methyl/N-ethyl adjacent to an activating group) is 1. The lowest BCUT2D eigenvalue weighted by Gasteiger charge is -2.18. The zero-order valence-corrected chi connectivity index (χ0v) is 12.2. The van der Waals surface area contributed by atoms with E-state index in [2.05, 4.69) is 4.72 Å². The zero-order valence-electron chi connectivity index (χ0n) is 11.4. The van der Waals surface area contributed by atoms with Gasteiger partial charge in [-0.1, -0.05) is 0 Å². The van der Waals surface area contributed by atoms with E-state index in [1.807, 2.05) is 0 Å². The van der Waals surface area contributed by atoms with Gasteiger partial charge in [0.1, 0.15) is 5.75 Å². The van der Waals surface area contributed by atoms with E-state index in [-0.39, 0.29) is 10.8 Å². The van der Waals surface area contributed by atoms with Gasteiger partial charge in [-0.15, -0.1) is 0 Å². The lowest BCUT2D eigenvalue weighted by molar-refractivity contribution is -0.130. The first kappa shape index (κ1) is 15.5. The highest BCUT2D eigenvalue weighted by molar-refractivity contribution is 7.89. The fourth-order valence-electron chi connectivity index (χ4n) is 1.49. The number of benzene rings is 1. The van der Waals surface area contributed by atoms with Gasteiger partial charge >= 0.3 is 0 Å². The lowest BCUT2D eigenvalue weighted by atomic mass is 10.3. The maximum absolute atomic E-state index is 12.0. The molecule has 0 fully saturated rings. The number of methoxy groups -OCH3 is 1. The molecule has 0 aliphatic heterocycles. The Morgan fingerprint density at radius 3 is 2.21 bits per heavy atom. The number of nitrogens with one attached hydrogen (secondary N) is 1. The normalized spacial score (nSPS) is 12.8. The molecule has 0 heterocycles. The molecule has 0 saturated heterocycles. The Labute approximate surface area is 113 Å². The highest BCUT2D eigenvalue weighted by Crippen LogP contribution is 2.15. The number of hydrogen-bond acceptors (Lipinski definition) is 4. The van der Waals surface area contributed by atoms with E-state index < -0.39 is 16.1 Å². The van der Waals surface area contributed by atoms with Crippen molar-refractivity contribution < 1.29 is 17.9 Å². The van der Waals surface area contributed by atoms with Crippen molar-refractivity contribution in [2.45, 2.75) is 17.9 Å². The molecule has 106 valence electrons. The molecule has 1 atom stereocenters. The van der Waals surface area contributed by atoms with Crippen LogP contribution in [0, 0.1) is 0 Å². The van der Waals surface area contributed by atoms with Gasteiger partial charge in [0.05, 0.1) is 18.0 Å². The monoisotopic (exact) mass is 286 g/mol. The second kappa shape index (κ2) is 6.03. The molecule has 19 heavy (non-hydrogen) atoms. The van der Waals surface area contributed by atoms with Gasteiger partial charge in [0.15, 0.2) is 0 Å². The summed E-state index contributed by atoms with van der Waals surface area (Å²) in [4.78, 5) is 13.1. The van der Waals surface area contributed by atoms with E-state index in [1.165, 1.54) is 31.1 Å². The number of amides is 1. The predicted molar refractivity (Wildman–Crippen MR) is 71.5 cm³/mol. The Balaban J connectivity index is 2.89. The Hall–Kier alpha value is -1.60. The number of sulfonamides is 1. The predicted octanol–water partition coefficient (Wildman–Crippen LogP) is 0.450. The minimum absolute atomic E-state index is 0.0895. The van der Waals surface area contributed by atoms with Crippen LogP contribution in [-0.2, 0) is 14.8 Å². The molecular weight excluding hydrogens is 268 g/mol. The Morgan fingerprint density at radius 2 is 1.79 bits per heavy atom. The third-order valence-electron chi connectivity index (χ3n) is 2.51. The topological polar surface area (TPSA) is 75.7 Å². The van der Waals surface area contributed by atoms with Crippen molar-refractivity contribution in [3.63, 3.8) is 0 Å². The number of carbonyl (C=O) groups excluding carboxylic acids is 1. The van der Waals surface area contributed by atoms with Crippen LogP contribution in [0.3, 0.4) is 0 Å². The van der Waals surface area contributed by atoms with Gasteiger partial charge in [-0.25, -0.2) is 8.42 Å². The number of carbonyl (C=O) groups is 1. The minimum Gasteiger partial charge on any atom is -0.497 e. The molecule has 0 spiro atoms. The van der Waals surface area contributed by atoms with Crippen LogP contribution in [0.2, 0.25) is 0 Å². The van der Waals surface area contributed by atoms with Crippen LogP contribution in [0.1, 0.15) is 6.92 Å². The Bertz CT molecular complexity index is 537. The maximum atomic E-state index is 12.0. The molecule has 1 N–H and O–H groups in total. The zero-order chi connectivity index (χ0) is 14.6. The minimum atomic E-state index is -3.72. The highest BCUT2D eigenvalue weighted by atomic mass is 32.2. The molecule has 7 heteroatoms. The van der Waals surface area contributed by atoms with Crippen molar-refractivity contribution >= 4 is 15.9 Å². The fraction of sp³-hybridized carbons (Fsp3) is 0.417. The molecule has 0 aliphatic rings. The summed E-state index contributed by atoms with van der Waals surface area (Å²) in [5.74, 6) is 0.258. The fourth-order valence-corrected chi connectivity index (χ4v) is 2.69. The summed E-state index contributed by atoms with van der Waals surface area (Å²) in [5, 5.41) is 0. The molecular formula is C12H18N2O4S. The van der Waals surface area contributed by atoms with Crippen LogP contribution in [0.25, 0.3) is 0 Å². The largest absolute Gasteiger partial charge is 0.497 e. The number of hydrogen-bond donors (Lipinski definition) is 1. The van der Waals surface area contributed by atoms with Gasteiger partial charge in [-0.3, -0.25) is 4.79 Å². The first-order valence-corrected chi connectivity index (χ1v) is 7.14. The summed E-state index contributed by atoms with van der Waals surface area (Å²) in [6.45, 7) is 1.50. The molecule has 1 rings (SSSR count). The van der Waals surface area contributed by atoms with Gasteiger partial charge in [0.25, 0.3) is 0 Å². The molecule has 1 amide bonds. The van der Waals surface area contributed by atoms with Crippen molar-refractivity contribution in [2.24, 2.45) is 0 Å². The van der Waals surface area contributed by atoms with Crippen molar-refractivity contribution in [3.8, 4) is 5.75 Å². The molecule has 1 aromatic rings. The first-order valence-electron chi connectivity index (χ1n) is 5.65. The van der Waals surface area contributed by atoms with E-state index >= 15 is 0 Å². The van der Waals surface area contributed by atoms with E-state index in [1.54, 1.807) is 26.2 Å². The summed E-state index contributed by atoms with van der Waals surface area (Å²) in [6.07, 6.45) is 0. The van der Waals surface area contributed by atoms with E-state index in [9.17, 15) is 13.2 Å². The van der Waals surface area contributed by atoms with E-state index in [0.717, 1.165) is 0 Å². The number of rotatable bonds is 5. The summed E-state index contributed by atoms with van der Waals surface area (Å²) in [6, 6.07) is 5.13. The standard InChI is InChI=1S/C12H18N2O4S/c1-9(12(15)14(2)3)13-19(16,17)11-7-5-10(18-4)6-8-11/h5-9,13H,1-4H3/t9-/m0/s1. The average molecular weight is 286 g/mol. The van der Waals surface area contributed by atoms with Crippen molar-refractivity contribution in [2.75, 3.05) is 21.2 Å². The van der Waals surface area contributed by atoms with Crippen LogP contribution in [0.4, 0.5) is 0 Å². The molecule has 1 aromatic carbocycles. The van der Waals surface area contributed by atoms with E-state index in [0.29, 0.717) is 5.75 Å². The molecule has 0 aliphatic carbocycles. The van der Waals surface area contributed by atoms with Crippen molar-refractivity contribution in [1.82, 2.24) is 9.62 Å². The molecule has 0 aromatic heterocycles. The molecule has 0 saturated carbocycles. The van der Waals surface area contributed by atoms with Gasteiger partial charge in [-0.2, -0.15) is 4.72 Å². The molecule has 0 unspecified atom stereocenters. The molecule has 0 bridgehead atoms. The maximum Gasteiger partial charge on any atom is 0.241 e. The van der Waals surface area contributed by atoms with Crippen molar-refractivity contribution in [3.05, 3.63) is 24.3 Å². The Kier molecular flexibility index (Phi) is 4.90. The van der Waals surface area contributed by atoms with Crippen LogP contribution < -0.4 is 9.46 Å². The number of nitrogens with zero attached hydrogens (tertiary/aromatic N) is 1. The lowest BCUT2D eigenvalue weighted by Crippen LogP contribution is -2.44. The van der Waals surface area contributed by atoms with Gasteiger partial charge in [-0.05, 0) is 31.2 Å². The first-order chi connectivity index (χ1) is 8.77. The highest BCUT2D eigenvalue weighted by Gasteiger charge is 2.22.